The number of amides is 1. The standard InChI is InChI=1S/C23H24N2O3S/c1-24(20-15-14-18-9-5-6-10-19(18)17-20)23(26)22-13-7-8-16-25(22)29(27,28)21-11-3-2-4-12-21/h2-6,9-12,14-15,17,22H,7-8,13,16H2,1H3. The topological polar surface area (TPSA) is 57.7 Å². The van der Waals surface area contributed by atoms with Crippen LogP contribution in [0, 0.1) is 0 Å². The zero-order chi connectivity index (χ0) is 20.4. The largest absolute Gasteiger partial charge is 0.314 e. The van der Waals surface area contributed by atoms with Crippen molar-refractivity contribution in [2.75, 3.05) is 18.5 Å². The van der Waals surface area contributed by atoms with E-state index in [-0.39, 0.29) is 10.8 Å². The summed E-state index contributed by atoms with van der Waals surface area (Å²) in [6, 6.07) is 21.5. The third-order valence-electron chi connectivity index (χ3n) is 5.54. The maximum absolute atomic E-state index is 13.3. The van der Waals surface area contributed by atoms with Gasteiger partial charge in [-0.25, -0.2) is 8.42 Å². The number of piperidine rings is 1. The highest BCUT2D eigenvalue weighted by Crippen LogP contribution is 2.28. The lowest BCUT2D eigenvalue weighted by Crippen LogP contribution is -2.52. The molecule has 0 radical (unpaired) electrons. The maximum atomic E-state index is 13.3. The molecule has 1 aliphatic rings. The van der Waals surface area contributed by atoms with E-state index in [4.69, 9.17) is 0 Å². The number of nitrogens with zero attached hydrogens (tertiary/aromatic N) is 2. The number of fused-ring (bicyclic) bond motifs is 1. The summed E-state index contributed by atoms with van der Waals surface area (Å²) in [5.74, 6) is -0.195. The minimum absolute atomic E-state index is 0.195. The van der Waals surface area contributed by atoms with Crippen LogP contribution in [-0.4, -0.2) is 38.3 Å². The van der Waals surface area contributed by atoms with E-state index in [9.17, 15) is 13.2 Å². The Morgan fingerprint density at radius 3 is 2.38 bits per heavy atom. The molecule has 1 amide bonds. The summed E-state index contributed by atoms with van der Waals surface area (Å²) in [5, 5.41) is 2.14. The fraction of sp³-hybridized carbons (Fsp3) is 0.261. The molecule has 1 saturated heterocycles. The summed E-state index contributed by atoms with van der Waals surface area (Å²) in [6.45, 7) is 0.360. The highest BCUT2D eigenvalue weighted by atomic mass is 32.2. The summed E-state index contributed by atoms with van der Waals surface area (Å²) in [4.78, 5) is 15.2. The molecule has 5 nitrogen and oxygen atoms in total. The van der Waals surface area contributed by atoms with Crippen molar-refractivity contribution in [2.45, 2.75) is 30.2 Å². The van der Waals surface area contributed by atoms with Gasteiger partial charge in [-0.2, -0.15) is 4.31 Å². The Balaban J connectivity index is 1.64. The van der Waals surface area contributed by atoms with Gasteiger partial charge in [-0.05, 0) is 47.9 Å². The molecule has 1 aliphatic heterocycles. The van der Waals surface area contributed by atoms with Crippen LogP contribution in [-0.2, 0) is 14.8 Å². The number of sulfonamides is 1. The summed E-state index contributed by atoms with van der Waals surface area (Å²) in [7, 11) is -2.00. The van der Waals surface area contributed by atoms with Crippen molar-refractivity contribution in [3.8, 4) is 0 Å². The number of anilines is 1. The van der Waals surface area contributed by atoms with Crippen LogP contribution in [0.25, 0.3) is 10.8 Å². The van der Waals surface area contributed by atoms with Gasteiger partial charge in [-0.1, -0.05) is 55.0 Å². The van der Waals surface area contributed by atoms with E-state index in [2.05, 4.69) is 0 Å². The summed E-state index contributed by atoms with van der Waals surface area (Å²) < 4.78 is 27.8. The third-order valence-corrected chi connectivity index (χ3v) is 7.46. The quantitative estimate of drug-likeness (QED) is 0.654. The molecule has 29 heavy (non-hydrogen) atoms. The molecule has 3 aromatic rings. The molecule has 0 aliphatic carbocycles. The Hall–Kier alpha value is -2.70. The Labute approximate surface area is 171 Å². The molecule has 6 heteroatoms. The van der Waals surface area contributed by atoms with Crippen molar-refractivity contribution in [3.63, 3.8) is 0 Å². The third kappa shape index (κ3) is 3.78. The first-order valence-corrected chi connectivity index (χ1v) is 11.3. The minimum atomic E-state index is -3.72. The Morgan fingerprint density at radius 1 is 0.931 bits per heavy atom. The second-order valence-corrected chi connectivity index (χ2v) is 9.26. The average molecular weight is 409 g/mol. The van der Waals surface area contributed by atoms with E-state index < -0.39 is 16.1 Å². The molecule has 1 atom stereocenters. The number of rotatable bonds is 4. The van der Waals surface area contributed by atoms with Gasteiger partial charge in [0, 0.05) is 19.3 Å². The van der Waals surface area contributed by atoms with Crippen molar-refractivity contribution >= 4 is 32.4 Å². The van der Waals surface area contributed by atoms with E-state index in [1.54, 1.807) is 42.3 Å². The van der Waals surface area contributed by atoms with Crippen LogP contribution < -0.4 is 4.90 Å². The number of carbonyl (C=O) groups excluding carboxylic acids is 1. The summed E-state index contributed by atoms with van der Waals surface area (Å²) >= 11 is 0. The highest BCUT2D eigenvalue weighted by molar-refractivity contribution is 7.89. The van der Waals surface area contributed by atoms with Crippen LogP contribution in [0.15, 0.2) is 77.7 Å². The Kier molecular flexibility index (Phi) is 5.39. The molecular formula is C23H24N2O3S. The molecule has 0 saturated carbocycles. The monoisotopic (exact) mass is 408 g/mol. The normalized spacial score (nSPS) is 17.9. The van der Waals surface area contributed by atoms with Crippen LogP contribution in [0.4, 0.5) is 5.69 Å². The average Bonchev–Trinajstić information content (AvgIpc) is 2.78. The van der Waals surface area contributed by atoms with Crippen molar-refractivity contribution in [3.05, 3.63) is 72.8 Å². The van der Waals surface area contributed by atoms with Crippen LogP contribution in [0.1, 0.15) is 19.3 Å². The zero-order valence-electron chi connectivity index (χ0n) is 16.4. The van der Waals surface area contributed by atoms with Crippen LogP contribution >= 0.6 is 0 Å². The lowest BCUT2D eigenvalue weighted by molar-refractivity contribution is -0.122. The molecule has 0 spiro atoms. The molecule has 4 rings (SSSR count). The number of hydrogen-bond donors (Lipinski definition) is 0. The van der Waals surface area contributed by atoms with E-state index >= 15 is 0 Å². The smallest absolute Gasteiger partial charge is 0.245 e. The van der Waals surface area contributed by atoms with Crippen molar-refractivity contribution in [2.24, 2.45) is 0 Å². The first-order valence-electron chi connectivity index (χ1n) is 9.82. The first-order chi connectivity index (χ1) is 14.0. The van der Waals surface area contributed by atoms with Gasteiger partial charge in [0.25, 0.3) is 0 Å². The van der Waals surface area contributed by atoms with Crippen molar-refractivity contribution in [1.29, 1.82) is 0 Å². The van der Waals surface area contributed by atoms with Gasteiger partial charge in [-0.15, -0.1) is 0 Å². The molecular weight excluding hydrogens is 384 g/mol. The molecule has 0 aromatic heterocycles. The van der Waals surface area contributed by atoms with E-state index in [1.807, 2.05) is 42.5 Å². The number of benzene rings is 3. The van der Waals surface area contributed by atoms with Gasteiger partial charge < -0.3 is 4.90 Å². The van der Waals surface area contributed by atoms with Crippen LogP contribution in [0.5, 0.6) is 0 Å². The summed E-state index contributed by atoms with van der Waals surface area (Å²) in [6.07, 6.45) is 2.13. The van der Waals surface area contributed by atoms with Gasteiger partial charge in [0.1, 0.15) is 6.04 Å². The molecule has 150 valence electrons. The second kappa shape index (κ2) is 7.97. The fourth-order valence-electron chi connectivity index (χ4n) is 3.90. The molecule has 3 aromatic carbocycles. The SMILES string of the molecule is CN(C(=O)C1CCCCN1S(=O)(=O)c1ccccc1)c1ccc2ccccc2c1. The predicted octanol–water partition coefficient (Wildman–Crippen LogP) is 4.05. The van der Waals surface area contributed by atoms with Gasteiger partial charge in [0.05, 0.1) is 4.90 Å². The maximum Gasteiger partial charge on any atom is 0.245 e. The zero-order valence-corrected chi connectivity index (χ0v) is 17.2. The van der Waals surface area contributed by atoms with Crippen molar-refractivity contribution in [1.82, 2.24) is 4.31 Å². The van der Waals surface area contributed by atoms with Crippen molar-refractivity contribution < 1.29 is 13.2 Å². The Bertz CT molecular complexity index is 1130. The van der Waals surface area contributed by atoms with Crippen LogP contribution in [0.2, 0.25) is 0 Å². The van der Waals surface area contributed by atoms with E-state index in [0.29, 0.717) is 13.0 Å². The second-order valence-electron chi connectivity index (χ2n) is 7.37. The minimum Gasteiger partial charge on any atom is -0.314 e. The van der Waals surface area contributed by atoms with Gasteiger partial charge in [-0.3, -0.25) is 4.79 Å². The molecule has 1 heterocycles. The Morgan fingerprint density at radius 2 is 1.62 bits per heavy atom. The molecule has 1 fully saturated rings. The van der Waals surface area contributed by atoms with E-state index in [0.717, 1.165) is 29.3 Å². The summed E-state index contributed by atoms with van der Waals surface area (Å²) in [5.41, 5.74) is 0.760. The van der Waals surface area contributed by atoms with Gasteiger partial charge in [0.2, 0.25) is 15.9 Å². The number of carbonyl (C=O) groups is 1. The highest BCUT2D eigenvalue weighted by Gasteiger charge is 2.39. The molecule has 0 N–H and O–H groups in total. The first kappa shape index (κ1) is 19.6. The molecule has 1 unspecified atom stereocenters. The number of likely N-dealkylation sites (N-methyl/N-ethyl adjacent to an activating group) is 1. The molecule has 0 bridgehead atoms. The van der Waals surface area contributed by atoms with Gasteiger partial charge >= 0.3 is 0 Å². The lowest BCUT2D eigenvalue weighted by atomic mass is 10.0. The van der Waals surface area contributed by atoms with Gasteiger partial charge in [0.15, 0.2) is 0 Å². The lowest BCUT2D eigenvalue weighted by Gasteiger charge is -2.35. The predicted molar refractivity (Wildman–Crippen MR) is 115 cm³/mol. The number of hydrogen-bond acceptors (Lipinski definition) is 3. The fourth-order valence-corrected chi connectivity index (χ4v) is 5.58. The van der Waals surface area contributed by atoms with E-state index in [1.165, 1.54) is 4.31 Å². The van der Waals surface area contributed by atoms with Crippen LogP contribution in [0.3, 0.4) is 0 Å².